The van der Waals surface area contributed by atoms with Crippen LogP contribution in [-0.4, -0.2) is 21.2 Å². The van der Waals surface area contributed by atoms with E-state index in [9.17, 15) is 4.79 Å². The van der Waals surface area contributed by atoms with E-state index in [-0.39, 0.29) is 12.3 Å². The first kappa shape index (κ1) is 16.9. The molecule has 0 saturated heterocycles. The molecule has 0 unspecified atom stereocenters. The predicted molar refractivity (Wildman–Crippen MR) is 99.1 cm³/mol. The monoisotopic (exact) mass is 352 g/mol. The van der Waals surface area contributed by atoms with Crippen LogP contribution in [0.5, 0.6) is 0 Å². The van der Waals surface area contributed by atoms with Gasteiger partial charge in [0.25, 0.3) is 0 Å². The summed E-state index contributed by atoms with van der Waals surface area (Å²) in [5.74, 6) is -0.170. The minimum absolute atomic E-state index is 0.170. The van der Waals surface area contributed by atoms with E-state index in [0.29, 0.717) is 5.02 Å². The molecule has 5 nitrogen and oxygen atoms in total. The molecule has 0 aliphatic heterocycles. The Morgan fingerprint density at radius 1 is 1.16 bits per heavy atom. The van der Waals surface area contributed by atoms with Gasteiger partial charge in [0.15, 0.2) is 0 Å². The molecule has 0 bridgehead atoms. The Balaban J connectivity index is 1.61. The van der Waals surface area contributed by atoms with Gasteiger partial charge in [-0.05, 0) is 42.3 Å². The molecule has 1 heterocycles. The van der Waals surface area contributed by atoms with E-state index in [2.05, 4.69) is 15.5 Å². The molecule has 0 spiro atoms. The molecule has 0 aliphatic carbocycles. The number of hydrazone groups is 1. The van der Waals surface area contributed by atoms with Crippen molar-refractivity contribution in [1.82, 2.24) is 15.0 Å². The molecule has 1 amide bonds. The Morgan fingerprint density at radius 2 is 1.88 bits per heavy atom. The van der Waals surface area contributed by atoms with Gasteiger partial charge < -0.3 is 4.57 Å². The molecular formula is C19H17ClN4O. The van der Waals surface area contributed by atoms with Gasteiger partial charge in [-0.1, -0.05) is 35.9 Å². The number of rotatable bonds is 5. The lowest BCUT2D eigenvalue weighted by Gasteiger charge is -2.06. The third-order valence-corrected chi connectivity index (χ3v) is 3.97. The minimum atomic E-state index is -0.170. The molecule has 3 rings (SSSR count). The van der Waals surface area contributed by atoms with Crippen molar-refractivity contribution in [1.29, 1.82) is 0 Å². The summed E-state index contributed by atoms with van der Waals surface area (Å²) in [6.45, 7) is 1.86. The molecule has 0 saturated carbocycles. The van der Waals surface area contributed by atoms with Gasteiger partial charge >= 0.3 is 0 Å². The van der Waals surface area contributed by atoms with Crippen molar-refractivity contribution >= 4 is 23.2 Å². The van der Waals surface area contributed by atoms with Crippen LogP contribution in [0.2, 0.25) is 5.02 Å². The first-order valence-electron chi connectivity index (χ1n) is 7.78. The van der Waals surface area contributed by atoms with E-state index in [1.165, 1.54) is 0 Å². The summed E-state index contributed by atoms with van der Waals surface area (Å²) in [7, 11) is 0. The third-order valence-electron chi connectivity index (χ3n) is 3.71. The Kier molecular flexibility index (Phi) is 5.26. The van der Waals surface area contributed by atoms with E-state index in [4.69, 9.17) is 11.6 Å². The van der Waals surface area contributed by atoms with Gasteiger partial charge in [0.05, 0.1) is 18.5 Å². The van der Waals surface area contributed by atoms with Gasteiger partial charge in [-0.25, -0.2) is 10.4 Å². The smallest absolute Gasteiger partial charge is 0.244 e. The van der Waals surface area contributed by atoms with Crippen LogP contribution in [0.15, 0.2) is 72.4 Å². The van der Waals surface area contributed by atoms with Crippen LogP contribution >= 0.6 is 11.6 Å². The van der Waals surface area contributed by atoms with Crippen molar-refractivity contribution in [3.63, 3.8) is 0 Å². The molecule has 6 heteroatoms. The number of hydrogen-bond donors (Lipinski definition) is 1. The summed E-state index contributed by atoms with van der Waals surface area (Å²) in [4.78, 5) is 16.0. The maximum Gasteiger partial charge on any atom is 0.244 e. The zero-order chi connectivity index (χ0) is 17.6. The van der Waals surface area contributed by atoms with Gasteiger partial charge in [0.2, 0.25) is 5.91 Å². The Bertz CT molecular complexity index is 869. The van der Waals surface area contributed by atoms with Crippen molar-refractivity contribution in [2.75, 3.05) is 0 Å². The number of nitrogens with one attached hydrogen (secondary N) is 1. The quantitative estimate of drug-likeness (QED) is 0.563. The second-order valence-electron chi connectivity index (χ2n) is 5.55. The van der Waals surface area contributed by atoms with E-state index >= 15 is 0 Å². The molecular weight excluding hydrogens is 336 g/mol. The molecule has 1 N–H and O–H groups in total. The highest BCUT2D eigenvalue weighted by atomic mass is 35.5. The number of carbonyl (C=O) groups is 1. The highest BCUT2D eigenvalue weighted by molar-refractivity contribution is 6.30. The van der Waals surface area contributed by atoms with Crippen LogP contribution in [0.1, 0.15) is 18.1 Å². The SMILES string of the molecule is CC(=NNC(=O)Cc1ccc(Cl)cc1)c1ccc(-n2ccnc2)cc1. The normalized spacial score (nSPS) is 11.4. The fraction of sp³-hybridized carbons (Fsp3) is 0.105. The number of hydrogen-bond acceptors (Lipinski definition) is 3. The number of benzene rings is 2. The molecule has 0 atom stereocenters. The molecule has 2 aromatic carbocycles. The van der Waals surface area contributed by atoms with E-state index in [0.717, 1.165) is 22.5 Å². The first-order valence-corrected chi connectivity index (χ1v) is 8.16. The third kappa shape index (κ3) is 4.55. The molecule has 25 heavy (non-hydrogen) atoms. The molecule has 3 aromatic rings. The number of imidazole rings is 1. The van der Waals surface area contributed by atoms with Crippen LogP contribution < -0.4 is 5.43 Å². The van der Waals surface area contributed by atoms with Crippen molar-refractivity contribution in [3.8, 4) is 5.69 Å². The number of halogens is 1. The second-order valence-corrected chi connectivity index (χ2v) is 5.99. The van der Waals surface area contributed by atoms with Crippen LogP contribution in [0.25, 0.3) is 5.69 Å². The molecule has 0 aliphatic rings. The van der Waals surface area contributed by atoms with Gasteiger partial charge in [0, 0.05) is 23.1 Å². The number of nitrogens with zero attached hydrogens (tertiary/aromatic N) is 3. The van der Waals surface area contributed by atoms with Crippen molar-refractivity contribution in [2.45, 2.75) is 13.3 Å². The van der Waals surface area contributed by atoms with Crippen LogP contribution in [0, 0.1) is 0 Å². The summed E-state index contributed by atoms with van der Waals surface area (Å²) >= 11 is 5.84. The highest BCUT2D eigenvalue weighted by Crippen LogP contribution is 2.11. The van der Waals surface area contributed by atoms with Crippen LogP contribution in [-0.2, 0) is 11.2 Å². The number of carbonyl (C=O) groups excluding carboxylic acids is 1. The van der Waals surface area contributed by atoms with E-state index in [1.807, 2.05) is 54.1 Å². The Morgan fingerprint density at radius 3 is 2.52 bits per heavy atom. The lowest BCUT2D eigenvalue weighted by Crippen LogP contribution is -2.21. The topological polar surface area (TPSA) is 59.3 Å². The molecule has 0 radical (unpaired) electrons. The minimum Gasteiger partial charge on any atom is -0.306 e. The fourth-order valence-electron chi connectivity index (χ4n) is 2.32. The maximum atomic E-state index is 12.0. The Labute approximate surface area is 151 Å². The van der Waals surface area contributed by atoms with Gasteiger partial charge in [-0.2, -0.15) is 5.10 Å². The summed E-state index contributed by atoms with van der Waals surface area (Å²) < 4.78 is 1.92. The number of aromatic nitrogens is 2. The largest absolute Gasteiger partial charge is 0.306 e. The highest BCUT2D eigenvalue weighted by Gasteiger charge is 2.04. The summed E-state index contributed by atoms with van der Waals surface area (Å²) in [5.41, 5.74) is 6.17. The van der Waals surface area contributed by atoms with Crippen molar-refractivity contribution in [2.24, 2.45) is 5.10 Å². The molecule has 126 valence electrons. The van der Waals surface area contributed by atoms with Crippen molar-refractivity contribution < 1.29 is 4.79 Å². The zero-order valence-electron chi connectivity index (χ0n) is 13.7. The lowest BCUT2D eigenvalue weighted by atomic mass is 10.1. The van der Waals surface area contributed by atoms with E-state index in [1.54, 1.807) is 24.7 Å². The maximum absolute atomic E-state index is 12.0. The second kappa shape index (κ2) is 7.77. The molecule has 0 fully saturated rings. The standard InChI is InChI=1S/C19H17ClN4O/c1-14(16-4-8-18(9-5-16)24-11-10-21-13-24)22-23-19(25)12-15-2-6-17(20)7-3-15/h2-11,13H,12H2,1H3,(H,23,25). The lowest BCUT2D eigenvalue weighted by molar-refractivity contribution is -0.120. The van der Waals surface area contributed by atoms with Crippen LogP contribution in [0.4, 0.5) is 0 Å². The molecule has 1 aromatic heterocycles. The van der Waals surface area contributed by atoms with E-state index < -0.39 is 0 Å². The van der Waals surface area contributed by atoms with Gasteiger partial charge in [-0.3, -0.25) is 4.79 Å². The zero-order valence-corrected chi connectivity index (χ0v) is 14.4. The van der Waals surface area contributed by atoms with Gasteiger partial charge in [-0.15, -0.1) is 0 Å². The number of amides is 1. The predicted octanol–water partition coefficient (Wildman–Crippen LogP) is 3.61. The fourth-order valence-corrected chi connectivity index (χ4v) is 2.45. The average Bonchev–Trinajstić information content (AvgIpc) is 3.16. The average molecular weight is 353 g/mol. The summed E-state index contributed by atoms with van der Waals surface area (Å²) in [6, 6.07) is 15.1. The van der Waals surface area contributed by atoms with Gasteiger partial charge in [0.1, 0.15) is 0 Å². The summed E-state index contributed by atoms with van der Waals surface area (Å²) in [6.07, 6.45) is 5.62. The van der Waals surface area contributed by atoms with Crippen molar-refractivity contribution in [3.05, 3.63) is 83.4 Å². The van der Waals surface area contributed by atoms with Crippen LogP contribution in [0.3, 0.4) is 0 Å². The summed E-state index contributed by atoms with van der Waals surface area (Å²) in [5, 5.41) is 4.82. The first-order chi connectivity index (χ1) is 12.1. The Hall–Kier alpha value is -2.92.